The van der Waals surface area contributed by atoms with Crippen LogP contribution in [0.25, 0.3) is 0 Å². The zero-order valence-electron chi connectivity index (χ0n) is 15.5. The van der Waals surface area contributed by atoms with Crippen molar-refractivity contribution in [1.29, 1.82) is 0 Å². The number of thioether (sulfide) groups is 1. The van der Waals surface area contributed by atoms with E-state index in [0.29, 0.717) is 11.6 Å². The van der Waals surface area contributed by atoms with Crippen molar-refractivity contribution in [2.45, 2.75) is 49.9 Å². The van der Waals surface area contributed by atoms with E-state index in [9.17, 15) is 4.79 Å². The smallest absolute Gasteiger partial charge is 0.233 e. The molecule has 2 aromatic carbocycles. The number of rotatable bonds is 9. The molecule has 0 saturated heterocycles. The fourth-order valence-electron chi connectivity index (χ4n) is 2.47. The number of carbonyl (C=O) groups is 1. The molecule has 140 valence electrons. The highest BCUT2D eigenvalue weighted by Gasteiger charge is 2.13. The van der Waals surface area contributed by atoms with Gasteiger partial charge in [0.25, 0.3) is 0 Å². The van der Waals surface area contributed by atoms with Gasteiger partial charge in [-0.25, -0.2) is 0 Å². The molecule has 0 unspecified atom stereocenters. The van der Waals surface area contributed by atoms with Gasteiger partial charge in [0.15, 0.2) is 0 Å². The standard InChI is InChI=1S/C21H26ClNO2S/c1-15(2)25-19-8-4-6-17(14-19)7-5-13-23-21(24)16(3)26-20-11-9-18(22)10-12-20/h4,6,8-12,14-16H,5,7,13H2,1-3H3,(H,23,24)/t16-/m0/s1. The van der Waals surface area contributed by atoms with Crippen LogP contribution in [0.3, 0.4) is 0 Å². The highest BCUT2D eigenvalue weighted by molar-refractivity contribution is 8.00. The van der Waals surface area contributed by atoms with Gasteiger partial charge in [-0.1, -0.05) is 23.7 Å². The molecule has 0 fully saturated rings. The molecule has 1 amide bonds. The Balaban J connectivity index is 1.71. The zero-order valence-corrected chi connectivity index (χ0v) is 17.1. The van der Waals surface area contributed by atoms with Crippen LogP contribution in [0, 0.1) is 0 Å². The molecule has 0 bridgehead atoms. The number of amides is 1. The lowest BCUT2D eigenvalue weighted by atomic mass is 10.1. The summed E-state index contributed by atoms with van der Waals surface area (Å²) in [6.07, 6.45) is 1.98. The third-order valence-corrected chi connectivity index (χ3v) is 5.07. The average Bonchev–Trinajstić information content (AvgIpc) is 2.60. The van der Waals surface area contributed by atoms with E-state index in [0.717, 1.165) is 23.5 Å². The molecule has 5 heteroatoms. The maximum absolute atomic E-state index is 12.2. The Morgan fingerprint density at radius 3 is 2.58 bits per heavy atom. The summed E-state index contributed by atoms with van der Waals surface area (Å²) in [7, 11) is 0. The van der Waals surface area contributed by atoms with E-state index >= 15 is 0 Å². The average molecular weight is 392 g/mol. The summed E-state index contributed by atoms with van der Waals surface area (Å²) in [6, 6.07) is 15.7. The first-order valence-electron chi connectivity index (χ1n) is 8.89. The molecule has 26 heavy (non-hydrogen) atoms. The van der Waals surface area contributed by atoms with Crippen molar-refractivity contribution in [2.24, 2.45) is 0 Å². The van der Waals surface area contributed by atoms with E-state index in [4.69, 9.17) is 16.3 Å². The Morgan fingerprint density at radius 2 is 1.88 bits per heavy atom. The van der Waals surface area contributed by atoms with Crippen molar-refractivity contribution in [1.82, 2.24) is 5.32 Å². The topological polar surface area (TPSA) is 38.3 Å². The summed E-state index contributed by atoms with van der Waals surface area (Å²) in [5, 5.41) is 3.58. The number of ether oxygens (including phenoxy) is 1. The highest BCUT2D eigenvalue weighted by Crippen LogP contribution is 2.24. The Hall–Kier alpha value is -1.65. The molecule has 0 aliphatic rings. The maximum Gasteiger partial charge on any atom is 0.233 e. The number of halogens is 1. The number of hydrogen-bond donors (Lipinski definition) is 1. The van der Waals surface area contributed by atoms with Gasteiger partial charge in [0.05, 0.1) is 11.4 Å². The van der Waals surface area contributed by atoms with Gasteiger partial charge < -0.3 is 10.1 Å². The Kier molecular flexibility index (Phi) is 8.33. The van der Waals surface area contributed by atoms with Gasteiger partial charge >= 0.3 is 0 Å². The molecule has 1 atom stereocenters. The van der Waals surface area contributed by atoms with Crippen LogP contribution in [-0.2, 0) is 11.2 Å². The SMILES string of the molecule is CC(C)Oc1cccc(CCCNC(=O)[C@H](C)Sc2ccc(Cl)cc2)c1. The normalized spacial score (nSPS) is 12.0. The molecular formula is C21H26ClNO2S. The van der Waals surface area contributed by atoms with Crippen molar-refractivity contribution in [3.05, 3.63) is 59.1 Å². The summed E-state index contributed by atoms with van der Waals surface area (Å²) >= 11 is 7.42. The fourth-order valence-corrected chi connectivity index (χ4v) is 3.48. The van der Waals surface area contributed by atoms with Crippen molar-refractivity contribution in [2.75, 3.05) is 6.54 Å². The van der Waals surface area contributed by atoms with Gasteiger partial charge in [-0.2, -0.15) is 0 Å². The molecule has 0 aliphatic heterocycles. The van der Waals surface area contributed by atoms with Gasteiger partial charge in [0.1, 0.15) is 5.75 Å². The molecule has 0 aliphatic carbocycles. The predicted molar refractivity (Wildman–Crippen MR) is 110 cm³/mol. The third-order valence-electron chi connectivity index (χ3n) is 3.71. The van der Waals surface area contributed by atoms with Gasteiger partial charge in [0.2, 0.25) is 5.91 Å². The first-order chi connectivity index (χ1) is 12.4. The minimum Gasteiger partial charge on any atom is -0.491 e. The second-order valence-corrected chi connectivity index (χ2v) is 8.27. The summed E-state index contributed by atoms with van der Waals surface area (Å²) in [5.74, 6) is 0.955. The number of nitrogens with one attached hydrogen (secondary N) is 1. The minimum atomic E-state index is -0.140. The summed E-state index contributed by atoms with van der Waals surface area (Å²) in [6.45, 7) is 6.62. The molecule has 2 aromatic rings. The van der Waals surface area contributed by atoms with Crippen LogP contribution in [0.15, 0.2) is 53.4 Å². The van der Waals surface area contributed by atoms with Crippen LogP contribution >= 0.6 is 23.4 Å². The molecule has 0 spiro atoms. The van der Waals surface area contributed by atoms with Crippen LogP contribution in [0.2, 0.25) is 5.02 Å². The van der Waals surface area contributed by atoms with Crippen LogP contribution in [0.4, 0.5) is 0 Å². The van der Waals surface area contributed by atoms with Crippen molar-refractivity contribution in [3.63, 3.8) is 0 Å². The highest BCUT2D eigenvalue weighted by atomic mass is 35.5. The van der Waals surface area contributed by atoms with Crippen molar-refractivity contribution >= 4 is 29.3 Å². The molecule has 0 radical (unpaired) electrons. The molecular weight excluding hydrogens is 366 g/mol. The largest absolute Gasteiger partial charge is 0.491 e. The van der Waals surface area contributed by atoms with E-state index < -0.39 is 0 Å². The van der Waals surface area contributed by atoms with Crippen molar-refractivity contribution in [3.8, 4) is 5.75 Å². The van der Waals surface area contributed by atoms with Gasteiger partial charge in [-0.3, -0.25) is 4.79 Å². The molecule has 0 heterocycles. The minimum absolute atomic E-state index is 0.0573. The van der Waals surface area contributed by atoms with Gasteiger partial charge in [0, 0.05) is 16.5 Å². The molecule has 0 aromatic heterocycles. The first kappa shape index (κ1) is 20.7. The van der Waals surface area contributed by atoms with Gasteiger partial charge in [-0.05, 0) is 75.6 Å². The summed E-state index contributed by atoms with van der Waals surface area (Å²) in [5.41, 5.74) is 1.22. The fraction of sp³-hybridized carbons (Fsp3) is 0.381. The van der Waals surface area contributed by atoms with E-state index in [1.165, 1.54) is 17.3 Å². The summed E-state index contributed by atoms with van der Waals surface area (Å²) < 4.78 is 5.71. The van der Waals surface area contributed by atoms with Crippen LogP contribution in [0.5, 0.6) is 5.75 Å². The van der Waals surface area contributed by atoms with Crippen LogP contribution in [-0.4, -0.2) is 23.8 Å². The van der Waals surface area contributed by atoms with Crippen LogP contribution < -0.4 is 10.1 Å². The third kappa shape index (κ3) is 7.30. The molecule has 1 N–H and O–H groups in total. The lowest BCUT2D eigenvalue weighted by Gasteiger charge is -2.13. The monoisotopic (exact) mass is 391 g/mol. The number of aryl methyl sites for hydroxylation is 1. The van der Waals surface area contributed by atoms with E-state index in [1.807, 2.05) is 57.2 Å². The lowest BCUT2D eigenvalue weighted by molar-refractivity contribution is -0.120. The van der Waals surface area contributed by atoms with E-state index in [2.05, 4.69) is 17.4 Å². The number of hydrogen-bond acceptors (Lipinski definition) is 3. The Morgan fingerprint density at radius 1 is 1.15 bits per heavy atom. The quantitative estimate of drug-likeness (QED) is 0.462. The molecule has 3 nitrogen and oxygen atoms in total. The lowest BCUT2D eigenvalue weighted by Crippen LogP contribution is -2.31. The van der Waals surface area contributed by atoms with Crippen LogP contribution in [0.1, 0.15) is 32.8 Å². The number of carbonyl (C=O) groups excluding carboxylic acids is 1. The van der Waals surface area contributed by atoms with E-state index in [-0.39, 0.29) is 17.3 Å². The summed E-state index contributed by atoms with van der Waals surface area (Å²) in [4.78, 5) is 13.3. The Labute approximate surface area is 165 Å². The predicted octanol–water partition coefficient (Wildman–Crippen LogP) is 5.36. The van der Waals surface area contributed by atoms with E-state index in [1.54, 1.807) is 0 Å². The second-order valence-electron chi connectivity index (χ2n) is 6.42. The molecule has 2 rings (SSSR count). The second kappa shape index (κ2) is 10.5. The zero-order chi connectivity index (χ0) is 18.9. The first-order valence-corrected chi connectivity index (χ1v) is 10.2. The maximum atomic E-state index is 12.2. The van der Waals surface area contributed by atoms with Gasteiger partial charge in [-0.15, -0.1) is 11.8 Å². The van der Waals surface area contributed by atoms with Crippen molar-refractivity contribution < 1.29 is 9.53 Å². The molecule has 0 saturated carbocycles. The Bertz CT molecular complexity index is 703. The number of benzene rings is 2.